The third-order valence-electron chi connectivity index (χ3n) is 15.1. The minimum Gasteiger partial charge on any atom is -0.0616 e. The molecule has 0 aliphatic rings. The average Bonchev–Trinajstić information content (AvgIpc) is 3.27. The van der Waals surface area contributed by atoms with Gasteiger partial charge in [-0.2, -0.15) is 0 Å². The van der Waals surface area contributed by atoms with Gasteiger partial charge in [-0.1, -0.05) is 127 Å². The Morgan fingerprint density at radius 2 is 0.443 bits per heavy atom. The second-order valence-corrected chi connectivity index (χ2v) is 17.9. The fourth-order valence-electron chi connectivity index (χ4n) is 11.3. The van der Waals surface area contributed by atoms with Crippen LogP contribution in [0.25, 0.3) is 65.7 Å². The molecule has 0 aliphatic carbocycles. The Morgan fingerprint density at radius 1 is 0.230 bits per heavy atom. The number of hydrogen-bond donors (Lipinski definition) is 0. The zero-order valence-electron chi connectivity index (χ0n) is 38.2. The molecular weight excluding hydrogens is 733 g/mol. The van der Waals surface area contributed by atoms with E-state index in [2.05, 4.69) is 210 Å². The fraction of sp³-hybridized carbons (Fsp3) is 0.213. The Morgan fingerprint density at radius 3 is 0.689 bits per heavy atom. The molecular formula is C61H58. The van der Waals surface area contributed by atoms with Crippen LogP contribution in [0.2, 0.25) is 0 Å². The Kier molecular flexibility index (Phi) is 10.1. The van der Waals surface area contributed by atoms with Gasteiger partial charge in [0.05, 0.1) is 0 Å². The van der Waals surface area contributed by atoms with Crippen LogP contribution in [0, 0.1) is 83.1 Å². The normalized spacial score (nSPS) is 11.8. The van der Waals surface area contributed by atoms with E-state index in [4.69, 9.17) is 0 Å². The van der Waals surface area contributed by atoms with Crippen LogP contribution in [0.5, 0.6) is 0 Å². The second-order valence-electron chi connectivity index (χ2n) is 17.9. The maximum atomic E-state index is 2.41. The van der Waals surface area contributed by atoms with Crippen molar-refractivity contribution in [2.24, 2.45) is 0 Å². The maximum absolute atomic E-state index is 2.41. The van der Waals surface area contributed by atoms with Crippen molar-refractivity contribution in [2.45, 2.75) is 89.0 Å². The first-order chi connectivity index (χ1) is 29.3. The number of hydrogen-bond acceptors (Lipinski definition) is 0. The lowest BCUT2D eigenvalue weighted by Crippen LogP contribution is -2.18. The molecule has 0 amide bonds. The minimum absolute atomic E-state index is 0.0249. The van der Waals surface area contributed by atoms with Crippen molar-refractivity contribution in [3.8, 4) is 33.4 Å². The van der Waals surface area contributed by atoms with E-state index < -0.39 is 0 Å². The van der Waals surface area contributed by atoms with Gasteiger partial charge in [0, 0.05) is 5.92 Å². The van der Waals surface area contributed by atoms with E-state index in [0.29, 0.717) is 0 Å². The van der Waals surface area contributed by atoms with Crippen molar-refractivity contribution < 1.29 is 0 Å². The monoisotopic (exact) mass is 790 g/mol. The first-order valence-electron chi connectivity index (χ1n) is 22.1. The van der Waals surface area contributed by atoms with Gasteiger partial charge in [-0.15, -0.1) is 0 Å². The Hall–Kier alpha value is -6.24. The van der Waals surface area contributed by atoms with Crippen LogP contribution < -0.4 is 0 Å². The quantitative estimate of drug-likeness (QED) is 0.147. The topological polar surface area (TPSA) is 0 Å². The molecule has 0 saturated heterocycles. The lowest BCUT2D eigenvalue weighted by Gasteiger charge is -2.35. The van der Waals surface area contributed by atoms with E-state index in [0.717, 1.165) is 0 Å². The van der Waals surface area contributed by atoms with Crippen molar-refractivity contribution in [1.29, 1.82) is 0 Å². The Labute approximate surface area is 364 Å². The van der Waals surface area contributed by atoms with Crippen molar-refractivity contribution in [1.82, 2.24) is 0 Å². The molecule has 9 rings (SSSR count). The molecule has 61 heavy (non-hydrogen) atoms. The molecule has 0 atom stereocenters. The lowest BCUT2D eigenvalue weighted by atomic mass is 9.69. The largest absolute Gasteiger partial charge is 0.0616 e. The lowest BCUT2D eigenvalue weighted by molar-refractivity contribution is 0.883. The number of benzene rings is 9. The van der Waals surface area contributed by atoms with Crippen molar-refractivity contribution in [3.05, 3.63) is 211 Å². The molecule has 0 heteroatoms. The van der Waals surface area contributed by atoms with E-state index in [1.54, 1.807) is 0 Å². The molecule has 0 aromatic heterocycles. The Balaban J connectivity index is 1.38. The first kappa shape index (κ1) is 40.2. The van der Waals surface area contributed by atoms with Crippen LogP contribution in [0.4, 0.5) is 0 Å². The zero-order chi connectivity index (χ0) is 43.0. The highest BCUT2D eigenvalue weighted by Crippen LogP contribution is 2.51. The highest BCUT2D eigenvalue weighted by atomic mass is 14.4. The molecule has 9 aromatic rings. The summed E-state index contributed by atoms with van der Waals surface area (Å²) in [6.45, 7) is 28.7. The van der Waals surface area contributed by atoms with E-state index >= 15 is 0 Å². The summed E-state index contributed by atoms with van der Waals surface area (Å²) >= 11 is 0. The van der Waals surface area contributed by atoms with Crippen LogP contribution in [0.3, 0.4) is 0 Å². The molecule has 0 bridgehead atoms. The summed E-state index contributed by atoms with van der Waals surface area (Å²) < 4.78 is 0. The van der Waals surface area contributed by atoms with Crippen LogP contribution >= 0.6 is 0 Å². The molecule has 0 heterocycles. The van der Waals surface area contributed by atoms with Crippen molar-refractivity contribution in [3.63, 3.8) is 0 Å². The molecule has 9 aromatic carbocycles. The highest BCUT2D eigenvalue weighted by Gasteiger charge is 2.33. The molecule has 302 valence electrons. The zero-order valence-corrected chi connectivity index (χ0v) is 38.2. The van der Waals surface area contributed by atoms with Gasteiger partial charge in [0.2, 0.25) is 0 Å². The molecule has 0 N–H and O–H groups in total. The van der Waals surface area contributed by atoms with Gasteiger partial charge in [-0.25, -0.2) is 0 Å². The van der Waals surface area contributed by atoms with Crippen LogP contribution in [0.1, 0.15) is 89.4 Å². The van der Waals surface area contributed by atoms with Gasteiger partial charge in [0.15, 0.2) is 0 Å². The van der Waals surface area contributed by atoms with E-state index in [1.807, 2.05) is 0 Å². The molecule has 0 radical (unpaired) electrons. The molecule has 0 spiro atoms. The summed E-state index contributed by atoms with van der Waals surface area (Å²) in [5.74, 6) is 0.0249. The van der Waals surface area contributed by atoms with E-state index in [-0.39, 0.29) is 5.92 Å². The van der Waals surface area contributed by atoms with Crippen LogP contribution in [-0.4, -0.2) is 0 Å². The van der Waals surface area contributed by atoms with E-state index in [9.17, 15) is 0 Å². The predicted octanol–water partition coefficient (Wildman–Crippen LogP) is 17.0. The minimum atomic E-state index is 0.0249. The number of rotatable bonds is 6. The van der Waals surface area contributed by atoms with Crippen molar-refractivity contribution >= 4 is 32.3 Å². The third kappa shape index (κ3) is 6.17. The van der Waals surface area contributed by atoms with Crippen LogP contribution in [0.15, 0.2) is 127 Å². The van der Waals surface area contributed by atoms with Gasteiger partial charge in [0.25, 0.3) is 0 Å². The fourth-order valence-corrected chi connectivity index (χ4v) is 11.3. The average molecular weight is 791 g/mol. The van der Waals surface area contributed by atoms with Gasteiger partial charge >= 0.3 is 0 Å². The third-order valence-corrected chi connectivity index (χ3v) is 15.1. The summed E-state index contributed by atoms with van der Waals surface area (Å²) in [6, 6.07) is 46.9. The van der Waals surface area contributed by atoms with Crippen LogP contribution in [-0.2, 0) is 0 Å². The molecule has 0 nitrogen and oxygen atoms in total. The van der Waals surface area contributed by atoms with Gasteiger partial charge in [0.1, 0.15) is 0 Å². The molecule has 0 aliphatic heterocycles. The second kappa shape index (κ2) is 15.3. The molecule has 0 saturated carbocycles. The summed E-state index contributed by atoms with van der Waals surface area (Å²) in [6.07, 6.45) is 0. The molecule has 0 fully saturated rings. The summed E-state index contributed by atoms with van der Waals surface area (Å²) in [4.78, 5) is 0. The standard InChI is InChI=1S/C61H58/c1-34-40(7)58(41(8)35(2)55(34)52-31-19-25-46-22-13-16-28-49(46)52)61(59-42(9)36(3)56(37(4)43(59)10)53-32-20-26-47-23-14-17-29-50(47)53)60-44(11)38(5)57(39(6)45(60)12)54-33-21-27-48-24-15-18-30-51(48)54/h13-33,61H,1-12H3. The van der Waals surface area contributed by atoms with Gasteiger partial charge in [-0.3, -0.25) is 0 Å². The summed E-state index contributed by atoms with van der Waals surface area (Å²) in [5.41, 5.74) is 28.9. The first-order valence-corrected chi connectivity index (χ1v) is 22.1. The van der Waals surface area contributed by atoms with Gasteiger partial charge < -0.3 is 0 Å². The maximum Gasteiger partial charge on any atom is 0.0356 e. The molecule has 0 unspecified atom stereocenters. The SMILES string of the molecule is Cc1c(C)c(C(c2c(C)c(C)c(-c3cccc4ccccc34)c(C)c2C)c2c(C)c(C)c(-c3cccc4ccccc34)c(C)c2C)c(C)c(C)c1-c1cccc2ccccc12. The predicted molar refractivity (Wildman–Crippen MR) is 266 cm³/mol. The Bertz CT molecular complexity index is 2810. The van der Waals surface area contributed by atoms with E-state index in [1.165, 1.54) is 149 Å². The summed E-state index contributed by atoms with van der Waals surface area (Å²) in [7, 11) is 0. The smallest absolute Gasteiger partial charge is 0.0356 e. The summed E-state index contributed by atoms with van der Waals surface area (Å²) in [5, 5.41) is 7.77. The van der Waals surface area contributed by atoms with Gasteiger partial charge in [-0.05, 0) is 232 Å². The highest BCUT2D eigenvalue weighted by molar-refractivity contribution is 6.01. The number of fused-ring (bicyclic) bond motifs is 3. The van der Waals surface area contributed by atoms with Crippen molar-refractivity contribution in [2.75, 3.05) is 0 Å².